The first kappa shape index (κ1) is 27.3. The van der Waals surface area contributed by atoms with Gasteiger partial charge in [0.25, 0.3) is 11.8 Å². The molecule has 12 heteroatoms. The summed E-state index contributed by atoms with van der Waals surface area (Å²) in [5, 5.41) is 0. The predicted octanol–water partition coefficient (Wildman–Crippen LogP) is 2.97. The average molecular weight is 539 g/mol. The zero-order valence-corrected chi connectivity index (χ0v) is 21.2. The first-order valence-corrected chi connectivity index (χ1v) is 12.2. The number of carbonyl (C=O) groups is 2. The Morgan fingerprint density at radius 2 is 0.921 bits per heavy atom. The maximum absolute atomic E-state index is 14.9. The third-order valence-corrected chi connectivity index (χ3v) is 6.92. The molecule has 2 fully saturated rings. The summed E-state index contributed by atoms with van der Waals surface area (Å²) in [5.41, 5.74) is 1.42. The highest BCUT2D eigenvalue weighted by Crippen LogP contribution is 2.39. The lowest BCUT2D eigenvalue weighted by Gasteiger charge is -2.40. The molecule has 0 spiro atoms. The molecule has 8 nitrogen and oxygen atoms in total. The summed E-state index contributed by atoms with van der Waals surface area (Å²) in [5.74, 6) is -13.3. The molecule has 2 aromatic rings. The molecule has 0 N–H and O–H groups in total. The summed E-state index contributed by atoms with van der Waals surface area (Å²) >= 11 is 0. The van der Waals surface area contributed by atoms with Crippen molar-refractivity contribution in [1.82, 2.24) is 9.80 Å². The molecule has 2 heterocycles. The van der Waals surface area contributed by atoms with Crippen LogP contribution in [0.15, 0.2) is 48.5 Å². The second-order valence-electron chi connectivity index (χ2n) is 9.05. The maximum Gasteiger partial charge on any atom is 0.395 e. The molecule has 0 aromatic heterocycles. The van der Waals surface area contributed by atoms with Crippen LogP contribution in [0.5, 0.6) is 11.5 Å². The lowest BCUT2D eigenvalue weighted by molar-refractivity contribution is -0.223. The van der Waals surface area contributed by atoms with Gasteiger partial charge in [-0.05, 0) is 24.3 Å². The Morgan fingerprint density at radius 1 is 0.605 bits per heavy atom. The van der Waals surface area contributed by atoms with E-state index in [1.165, 1.54) is 14.2 Å². The molecule has 206 valence electrons. The van der Waals surface area contributed by atoms with Crippen molar-refractivity contribution in [2.75, 3.05) is 76.4 Å². The van der Waals surface area contributed by atoms with Gasteiger partial charge in [0, 0.05) is 52.4 Å². The zero-order chi connectivity index (χ0) is 27.5. The van der Waals surface area contributed by atoms with Crippen LogP contribution in [0, 0.1) is 0 Å². The van der Waals surface area contributed by atoms with Crippen LogP contribution in [-0.4, -0.2) is 100 Å². The van der Waals surface area contributed by atoms with E-state index in [0.717, 1.165) is 0 Å². The number of amides is 2. The number of anilines is 2. The van der Waals surface area contributed by atoms with Crippen molar-refractivity contribution in [2.45, 2.75) is 11.8 Å². The summed E-state index contributed by atoms with van der Waals surface area (Å²) in [4.78, 5) is 30.2. The number of piperazine rings is 2. The number of nitrogens with zero attached hydrogens (tertiary/aromatic N) is 4. The van der Waals surface area contributed by atoms with E-state index in [0.29, 0.717) is 32.7 Å². The van der Waals surface area contributed by atoms with E-state index in [1.54, 1.807) is 48.5 Å². The van der Waals surface area contributed by atoms with Crippen LogP contribution < -0.4 is 19.3 Å². The molecule has 2 aromatic carbocycles. The number of rotatable bonds is 7. The molecule has 38 heavy (non-hydrogen) atoms. The van der Waals surface area contributed by atoms with Crippen LogP contribution in [0.25, 0.3) is 0 Å². The third-order valence-electron chi connectivity index (χ3n) is 6.92. The van der Waals surface area contributed by atoms with Crippen LogP contribution in [0.2, 0.25) is 0 Å². The van der Waals surface area contributed by atoms with Gasteiger partial charge in [0.2, 0.25) is 0 Å². The van der Waals surface area contributed by atoms with Crippen LogP contribution in [0.4, 0.5) is 28.9 Å². The molecule has 2 aliphatic heterocycles. The van der Waals surface area contributed by atoms with Crippen molar-refractivity contribution < 1.29 is 36.6 Å². The van der Waals surface area contributed by atoms with E-state index >= 15 is 0 Å². The number of alkyl halides is 4. The average Bonchev–Trinajstić information content (AvgIpc) is 2.96. The lowest BCUT2D eigenvalue weighted by atomic mass is 10.1. The predicted molar refractivity (Wildman–Crippen MR) is 133 cm³/mol. The van der Waals surface area contributed by atoms with Crippen molar-refractivity contribution >= 4 is 23.2 Å². The van der Waals surface area contributed by atoms with Gasteiger partial charge in [0.15, 0.2) is 0 Å². The zero-order valence-electron chi connectivity index (χ0n) is 21.2. The molecular weight excluding hydrogens is 508 g/mol. The molecule has 0 bridgehead atoms. The van der Waals surface area contributed by atoms with E-state index in [9.17, 15) is 27.2 Å². The summed E-state index contributed by atoms with van der Waals surface area (Å²) in [6.45, 7) is -0.218. The summed E-state index contributed by atoms with van der Waals surface area (Å²) in [7, 11) is 2.99. The Balaban J connectivity index is 1.38. The van der Waals surface area contributed by atoms with Crippen LogP contribution in [0.1, 0.15) is 0 Å². The maximum atomic E-state index is 14.9. The number of hydrogen-bond donors (Lipinski definition) is 0. The lowest BCUT2D eigenvalue weighted by Crippen LogP contribution is -2.64. The van der Waals surface area contributed by atoms with Gasteiger partial charge in [-0.15, -0.1) is 0 Å². The van der Waals surface area contributed by atoms with Gasteiger partial charge in [-0.1, -0.05) is 24.3 Å². The van der Waals surface area contributed by atoms with Crippen LogP contribution in [0.3, 0.4) is 0 Å². The number of benzene rings is 2. The van der Waals surface area contributed by atoms with Gasteiger partial charge in [0.1, 0.15) is 11.5 Å². The fraction of sp³-hybridized carbons (Fsp3) is 0.462. The Morgan fingerprint density at radius 3 is 1.24 bits per heavy atom. The topological polar surface area (TPSA) is 65.6 Å². The van der Waals surface area contributed by atoms with Crippen molar-refractivity contribution in [2.24, 2.45) is 0 Å². The number of methoxy groups -OCH3 is 2. The second kappa shape index (κ2) is 11.0. The van der Waals surface area contributed by atoms with E-state index < -0.39 is 23.7 Å². The highest BCUT2D eigenvalue weighted by molar-refractivity contribution is 5.95. The smallest absolute Gasteiger partial charge is 0.395 e. The molecule has 2 amide bonds. The van der Waals surface area contributed by atoms with Gasteiger partial charge >= 0.3 is 11.8 Å². The number of halogens is 4. The Kier molecular flexibility index (Phi) is 7.89. The SMILES string of the molecule is COc1ccccc1N1CCN(C(=O)C(F)(F)C(F)(F)C(=O)N2CCN(c3ccccc3OC)CC2)CC1. The molecule has 0 atom stereocenters. The largest absolute Gasteiger partial charge is 0.495 e. The normalized spacial score (nSPS) is 16.9. The molecular formula is C26H30F4N4O4. The minimum atomic E-state index is -5.18. The molecule has 2 saturated heterocycles. The van der Waals surface area contributed by atoms with E-state index in [1.807, 2.05) is 9.80 Å². The molecule has 0 aliphatic carbocycles. The monoisotopic (exact) mass is 538 g/mol. The van der Waals surface area contributed by atoms with Gasteiger partial charge in [-0.25, -0.2) is 0 Å². The van der Waals surface area contributed by atoms with E-state index in [4.69, 9.17) is 9.47 Å². The molecule has 0 unspecified atom stereocenters. The second-order valence-corrected chi connectivity index (χ2v) is 9.05. The molecule has 2 aliphatic rings. The third kappa shape index (κ3) is 5.03. The molecule has 4 rings (SSSR count). The van der Waals surface area contributed by atoms with Crippen molar-refractivity contribution in [1.29, 1.82) is 0 Å². The fourth-order valence-corrected chi connectivity index (χ4v) is 4.75. The fourth-order valence-electron chi connectivity index (χ4n) is 4.75. The molecule has 0 saturated carbocycles. The Labute approximate surface area is 218 Å². The first-order valence-electron chi connectivity index (χ1n) is 12.2. The highest BCUT2D eigenvalue weighted by Gasteiger charge is 2.68. The molecule has 0 radical (unpaired) electrons. The van der Waals surface area contributed by atoms with Crippen molar-refractivity contribution in [3.05, 3.63) is 48.5 Å². The number of hydrogen-bond acceptors (Lipinski definition) is 6. The quantitative estimate of drug-likeness (QED) is 0.506. The van der Waals surface area contributed by atoms with Crippen molar-refractivity contribution in [3.8, 4) is 11.5 Å². The standard InChI is InChI=1S/C26H30F4N4O4/c1-37-21-9-5-3-7-19(21)31-11-15-33(16-12-31)23(35)25(27,28)26(29,30)24(36)34-17-13-32(14-18-34)20-8-4-6-10-22(20)38-2/h3-10H,11-18H2,1-2H3. The summed E-state index contributed by atoms with van der Waals surface area (Å²) in [6, 6.07) is 14.2. The van der Waals surface area contributed by atoms with Gasteiger partial charge in [-0.3, -0.25) is 9.59 Å². The van der Waals surface area contributed by atoms with Crippen molar-refractivity contribution in [3.63, 3.8) is 0 Å². The Bertz CT molecular complexity index is 1060. The minimum Gasteiger partial charge on any atom is -0.495 e. The first-order chi connectivity index (χ1) is 18.1. The number of para-hydroxylation sites is 4. The van der Waals surface area contributed by atoms with Crippen LogP contribution >= 0.6 is 0 Å². The number of ether oxygens (including phenoxy) is 2. The van der Waals surface area contributed by atoms with Crippen LogP contribution in [-0.2, 0) is 9.59 Å². The highest BCUT2D eigenvalue weighted by atomic mass is 19.3. The van der Waals surface area contributed by atoms with E-state index in [-0.39, 0.29) is 52.4 Å². The van der Waals surface area contributed by atoms with Gasteiger partial charge in [0.05, 0.1) is 25.6 Å². The number of carbonyl (C=O) groups excluding carboxylic acids is 2. The van der Waals surface area contributed by atoms with Gasteiger partial charge in [-0.2, -0.15) is 17.6 Å². The summed E-state index contributed by atoms with van der Waals surface area (Å²) in [6.07, 6.45) is 0. The van der Waals surface area contributed by atoms with Gasteiger partial charge < -0.3 is 29.1 Å². The summed E-state index contributed by atoms with van der Waals surface area (Å²) < 4.78 is 70.3. The Hall–Kier alpha value is -3.70. The van der Waals surface area contributed by atoms with E-state index in [2.05, 4.69) is 0 Å². The minimum absolute atomic E-state index is 0.145.